The van der Waals surface area contributed by atoms with Crippen LogP contribution in [0.15, 0.2) is 91.0 Å². The average molecular weight is 364 g/mol. The van der Waals surface area contributed by atoms with Crippen molar-refractivity contribution in [3.8, 4) is 17.1 Å². The number of fused-ring (bicyclic) bond motifs is 2. The number of ether oxygens (including phenoxy) is 1. The molecule has 5 rings (SSSR count). The van der Waals surface area contributed by atoms with Gasteiger partial charge in [-0.25, -0.2) is 4.98 Å². The summed E-state index contributed by atoms with van der Waals surface area (Å²) in [6.45, 7) is 0.771. The molecule has 0 spiro atoms. The number of aromatic nitrogens is 2. The number of imidazole rings is 1. The van der Waals surface area contributed by atoms with Crippen LogP contribution in [0.25, 0.3) is 33.2 Å². The van der Waals surface area contributed by atoms with Crippen LogP contribution in [-0.2, 0) is 6.54 Å². The smallest absolute Gasteiger partial charge is 0.141 e. The minimum atomic E-state index is 0.771. The molecule has 28 heavy (non-hydrogen) atoms. The van der Waals surface area contributed by atoms with E-state index < -0.39 is 0 Å². The van der Waals surface area contributed by atoms with E-state index in [9.17, 15) is 0 Å². The molecule has 0 aliphatic heterocycles. The van der Waals surface area contributed by atoms with Crippen molar-refractivity contribution in [1.82, 2.24) is 9.55 Å². The lowest BCUT2D eigenvalue weighted by molar-refractivity contribution is 0.415. The molecule has 1 aromatic heterocycles. The summed E-state index contributed by atoms with van der Waals surface area (Å²) in [5.41, 5.74) is 4.49. The molecule has 0 bridgehead atoms. The van der Waals surface area contributed by atoms with Crippen LogP contribution in [-0.4, -0.2) is 16.7 Å². The second-order valence-electron chi connectivity index (χ2n) is 6.92. The van der Waals surface area contributed by atoms with Gasteiger partial charge in [0.2, 0.25) is 0 Å². The second kappa shape index (κ2) is 6.86. The normalized spacial score (nSPS) is 11.2. The lowest BCUT2D eigenvalue weighted by Crippen LogP contribution is -2.02. The van der Waals surface area contributed by atoms with Gasteiger partial charge in [-0.15, -0.1) is 0 Å². The van der Waals surface area contributed by atoms with E-state index in [0.717, 1.165) is 34.7 Å². The van der Waals surface area contributed by atoms with Crippen molar-refractivity contribution in [2.45, 2.75) is 6.54 Å². The molecule has 1 heterocycles. The quantitative estimate of drug-likeness (QED) is 0.396. The first-order valence-electron chi connectivity index (χ1n) is 9.39. The lowest BCUT2D eigenvalue weighted by atomic mass is 10.1. The van der Waals surface area contributed by atoms with Gasteiger partial charge in [0.1, 0.15) is 11.6 Å². The second-order valence-corrected chi connectivity index (χ2v) is 6.92. The summed E-state index contributed by atoms with van der Waals surface area (Å²) in [7, 11) is 1.68. The predicted molar refractivity (Wildman–Crippen MR) is 115 cm³/mol. The third kappa shape index (κ3) is 2.91. The Morgan fingerprint density at radius 3 is 2.36 bits per heavy atom. The fourth-order valence-electron chi connectivity index (χ4n) is 3.72. The van der Waals surface area contributed by atoms with Gasteiger partial charge in [0.05, 0.1) is 18.1 Å². The SMILES string of the molecule is COc1ccc(-c2nc3ccccc3n2Cc2ccc3ccccc3c2)cc1. The fourth-order valence-corrected chi connectivity index (χ4v) is 3.72. The average Bonchev–Trinajstić information content (AvgIpc) is 3.12. The van der Waals surface area contributed by atoms with E-state index in [-0.39, 0.29) is 0 Å². The molecule has 0 saturated carbocycles. The van der Waals surface area contributed by atoms with Gasteiger partial charge in [-0.1, -0.05) is 48.5 Å². The molecule has 0 amide bonds. The Balaban J connectivity index is 1.63. The maximum atomic E-state index is 5.30. The van der Waals surface area contributed by atoms with Crippen molar-refractivity contribution in [2.75, 3.05) is 7.11 Å². The number of benzene rings is 4. The van der Waals surface area contributed by atoms with Crippen LogP contribution in [0.2, 0.25) is 0 Å². The number of methoxy groups -OCH3 is 1. The Bertz CT molecular complexity index is 1270. The summed E-state index contributed by atoms with van der Waals surface area (Å²) in [4.78, 5) is 4.92. The van der Waals surface area contributed by atoms with Gasteiger partial charge in [-0.3, -0.25) is 0 Å². The van der Waals surface area contributed by atoms with Crippen LogP contribution in [0.3, 0.4) is 0 Å². The molecule has 3 nitrogen and oxygen atoms in total. The van der Waals surface area contributed by atoms with Crippen LogP contribution in [0.1, 0.15) is 5.56 Å². The molecular formula is C25H20N2O. The van der Waals surface area contributed by atoms with Crippen molar-refractivity contribution in [1.29, 1.82) is 0 Å². The Kier molecular flexibility index (Phi) is 4.06. The Labute approximate surface area is 163 Å². The van der Waals surface area contributed by atoms with Crippen LogP contribution in [0.4, 0.5) is 0 Å². The maximum absolute atomic E-state index is 5.30. The van der Waals surface area contributed by atoms with Crippen LogP contribution < -0.4 is 4.74 Å². The molecule has 0 unspecified atom stereocenters. The molecule has 5 aromatic rings. The first-order valence-corrected chi connectivity index (χ1v) is 9.39. The molecule has 4 aromatic carbocycles. The van der Waals surface area contributed by atoms with E-state index in [2.05, 4.69) is 77.4 Å². The number of para-hydroxylation sites is 2. The number of hydrogen-bond donors (Lipinski definition) is 0. The van der Waals surface area contributed by atoms with Crippen molar-refractivity contribution in [2.24, 2.45) is 0 Å². The minimum absolute atomic E-state index is 0.771. The first-order chi connectivity index (χ1) is 13.8. The lowest BCUT2D eigenvalue weighted by Gasteiger charge is -2.11. The molecule has 3 heteroatoms. The summed E-state index contributed by atoms with van der Waals surface area (Å²) in [5.74, 6) is 1.82. The van der Waals surface area contributed by atoms with Gasteiger partial charge in [0.15, 0.2) is 0 Å². The summed E-state index contributed by atoms with van der Waals surface area (Å²) in [6.07, 6.45) is 0. The van der Waals surface area contributed by atoms with Crippen molar-refractivity contribution in [3.05, 3.63) is 96.6 Å². The Morgan fingerprint density at radius 2 is 1.54 bits per heavy atom. The van der Waals surface area contributed by atoms with Crippen molar-refractivity contribution in [3.63, 3.8) is 0 Å². The van der Waals surface area contributed by atoms with E-state index in [0.29, 0.717) is 0 Å². The number of hydrogen-bond acceptors (Lipinski definition) is 2. The van der Waals surface area contributed by atoms with E-state index in [4.69, 9.17) is 9.72 Å². The van der Waals surface area contributed by atoms with Crippen LogP contribution in [0, 0.1) is 0 Å². The highest BCUT2D eigenvalue weighted by Crippen LogP contribution is 2.28. The van der Waals surface area contributed by atoms with Gasteiger partial charge in [0.25, 0.3) is 0 Å². The van der Waals surface area contributed by atoms with Gasteiger partial charge in [-0.05, 0) is 58.8 Å². The van der Waals surface area contributed by atoms with Crippen LogP contribution >= 0.6 is 0 Å². The van der Waals surface area contributed by atoms with E-state index >= 15 is 0 Å². The molecular weight excluding hydrogens is 344 g/mol. The highest BCUT2D eigenvalue weighted by molar-refractivity contribution is 5.84. The number of rotatable bonds is 4. The molecule has 0 radical (unpaired) electrons. The van der Waals surface area contributed by atoms with E-state index in [1.54, 1.807) is 7.11 Å². The summed E-state index contributed by atoms with van der Waals surface area (Å²) in [6, 6.07) is 31.5. The zero-order valence-electron chi connectivity index (χ0n) is 15.7. The molecule has 136 valence electrons. The van der Waals surface area contributed by atoms with Crippen molar-refractivity contribution < 1.29 is 4.74 Å². The zero-order valence-corrected chi connectivity index (χ0v) is 15.7. The topological polar surface area (TPSA) is 27.1 Å². The van der Waals surface area contributed by atoms with Gasteiger partial charge < -0.3 is 9.30 Å². The first kappa shape index (κ1) is 16.6. The van der Waals surface area contributed by atoms with Crippen molar-refractivity contribution >= 4 is 21.8 Å². The summed E-state index contributed by atoms with van der Waals surface area (Å²) < 4.78 is 7.60. The highest BCUT2D eigenvalue weighted by Gasteiger charge is 2.13. The van der Waals surface area contributed by atoms with Gasteiger partial charge >= 0.3 is 0 Å². The van der Waals surface area contributed by atoms with Gasteiger partial charge in [0, 0.05) is 12.1 Å². The predicted octanol–water partition coefficient (Wildman–Crippen LogP) is 5.91. The third-order valence-electron chi connectivity index (χ3n) is 5.16. The zero-order chi connectivity index (χ0) is 18.9. The highest BCUT2D eigenvalue weighted by atomic mass is 16.5. The summed E-state index contributed by atoms with van der Waals surface area (Å²) in [5, 5.41) is 2.52. The third-order valence-corrected chi connectivity index (χ3v) is 5.16. The Hall–Kier alpha value is -3.59. The minimum Gasteiger partial charge on any atom is -0.497 e. The Morgan fingerprint density at radius 1 is 0.786 bits per heavy atom. The molecule has 0 atom stereocenters. The summed E-state index contributed by atoms with van der Waals surface area (Å²) >= 11 is 0. The largest absolute Gasteiger partial charge is 0.497 e. The van der Waals surface area contributed by atoms with Gasteiger partial charge in [-0.2, -0.15) is 0 Å². The molecule has 0 N–H and O–H groups in total. The fraction of sp³-hybridized carbons (Fsp3) is 0.0800. The molecule has 0 saturated heterocycles. The monoisotopic (exact) mass is 364 g/mol. The standard InChI is InChI=1S/C25H20N2O/c1-28-22-14-12-20(13-15-22)25-26-23-8-4-5-9-24(23)27(25)17-18-10-11-19-6-2-3-7-21(19)16-18/h2-16H,17H2,1H3. The van der Waals surface area contributed by atoms with Crippen LogP contribution in [0.5, 0.6) is 5.75 Å². The van der Waals surface area contributed by atoms with E-state index in [1.807, 2.05) is 18.2 Å². The molecule has 0 aliphatic carbocycles. The van der Waals surface area contributed by atoms with E-state index in [1.165, 1.54) is 16.3 Å². The molecule has 0 fully saturated rings. The molecule has 0 aliphatic rings. The maximum Gasteiger partial charge on any atom is 0.141 e. The number of nitrogens with zero attached hydrogens (tertiary/aromatic N) is 2.